The van der Waals surface area contributed by atoms with Gasteiger partial charge in [0.25, 0.3) is 0 Å². The highest BCUT2D eigenvalue weighted by Crippen LogP contribution is 2.29. The van der Waals surface area contributed by atoms with Crippen LogP contribution in [0.25, 0.3) is 0 Å². The first kappa shape index (κ1) is 15.8. The number of carboxylic acids is 1. The standard InChI is InChI=1S/C12H25NO2S/c1-6-12(7-2,16-5)9-13-8-11(3,4)10(14)15/h13H,6-9H2,1-5H3,(H,14,15). The van der Waals surface area contributed by atoms with Crippen molar-refractivity contribution < 1.29 is 9.90 Å². The largest absolute Gasteiger partial charge is 0.481 e. The molecule has 0 atom stereocenters. The molecule has 0 aromatic heterocycles. The van der Waals surface area contributed by atoms with E-state index in [2.05, 4.69) is 25.4 Å². The second kappa shape index (κ2) is 6.50. The summed E-state index contributed by atoms with van der Waals surface area (Å²) < 4.78 is 0.245. The zero-order chi connectivity index (χ0) is 12.8. The van der Waals surface area contributed by atoms with Gasteiger partial charge in [-0.1, -0.05) is 13.8 Å². The number of hydrogen-bond donors (Lipinski definition) is 2. The lowest BCUT2D eigenvalue weighted by Crippen LogP contribution is -2.43. The average Bonchev–Trinajstić information content (AvgIpc) is 2.25. The van der Waals surface area contributed by atoms with E-state index in [4.69, 9.17) is 5.11 Å². The van der Waals surface area contributed by atoms with Crippen molar-refractivity contribution in [2.24, 2.45) is 5.41 Å². The maximum absolute atomic E-state index is 10.9. The second-order valence-corrected chi connectivity index (χ2v) is 6.16. The molecule has 3 nitrogen and oxygen atoms in total. The lowest BCUT2D eigenvalue weighted by atomic mass is 9.93. The fraction of sp³-hybridized carbons (Fsp3) is 0.917. The third kappa shape index (κ3) is 4.34. The van der Waals surface area contributed by atoms with Crippen LogP contribution in [-0.4, -0.2) is 35.2 Å². The third-order valence-corrected chi connectivity index (χ3v) is 4.90. The summed E-state index contributed by atoms with van der Waals surface area (Å²) in [6, 6.07) is 0. The van der Waals surface area contributed by atoms with Gasteiger partial charge in [0, 0.05) is 17.8 Å². The minimum absolute atomic E-state index is 0.245. The van der Waals surface area contributed by atoms with E-state index in [9.17, 15) is 4.79 Å². The van der Waals surface area contributed by atoms with E-state index < -0.39 is 11.4 Å². The number of carboxylic acid groups (broad SMARTS) is 1. The van der Waals surface area contributed by atoms with Gasteiger partial charge in [-0.05, 0) is 32.9 Å². The van der Waals surface area contributed by atoms with Crippen LogP contribution >= 0.6 is 11.8 Å². The molecule has 0 aliphatic heterocycles. The molecule has 0 saturated heterocycles. The number of thioether (sulfide) groups is 1. The molecule has 0 aromatic rings. The molecule has 0 unspecified atom stereocenters. The van der Waals surface area contributed by atoms with Gasteiger partial charge in [-0.25, -0.2) is 0 Å². The highest BCUT2D eigenvalue weighted by Gasteiger charge is 2.29. The molecule has 96 valence electrons. The molecular formula is C12H25NO2S. The van der Waals surface area contributed by atoms with E-state index in [1.165, 1.54) is 0 Å². The molecule has 0 rings (SSSR count). The summed E-state index contributed by atoms with van der Waals surface area (Å²) >= 11 is 1.87. The van der Waals surface area contributed by atoms with E-state index in [0.29, 0.717) is 6.54 Å². The van der Waals surface area contributed by atoms with Crippen molar-refractivity contribution in [3.63, 3.8) is 0 Å². The van der Waals surface area contributed by atoms with Crippen LogP contribution < -0.4 is 5.32 Å². The minimum Gasteiger partial charge on any atom is -0.481 e. The van der Waals surface area contributed by atoms with Crippen molar-refractivity contribution in [3.05, 3.63) is 0 Å². The lowest BCUT2D eigenvalue weighted by molar-refractivity contribution is -0.146. The summed E-state index contributed by atoms with van der Waals surface area (Å²) in [5.41, 5.74) is -0.689. The maximum Gasteiger partial charge on any atom is 0.310 e. The molecule has 16 heavy (non-hydrogen) atoms. The summed E-state index contributed by atoms with van der Waals surface area (Å²) in [5, 5.41) is 12.3. The zero-order valence-electron chi connectivity index (χ0n) is 11.1. The number of aliphatic carboxylic acids is 1. The molecule has 0 radical (unpaired) electrons. The van der Waals surface area contributed by atoms with Gasteiger partial charge >= 0.3 is 5.97 Å². The molecule has 0 spiro atoms. The van der Waals surface area contributed by atoms with Gasteiger partial charge in [0.2, 0.25) is 0 Å². The van der Waals surface area contributed by atoms with Crippen molar-refractivity contribution in [3.8, 4) is 0 Å². The van der Waals surface area contributed by atoms with E-state index in [1.807, 2.05) is 11.8 Å². The van der Waals surface area contributed by atoms with Crippen LogP contribution in [0.5, 0.6) is 0 Å². The highest BCUT2D eigenvalue weighted by molar-refractivity contribution is 8.00. The molecule has 2 N–H and O–H groups in total. The SMILES string of the molecule is CCC(CC)(CNCC(C)(C)C(=O)O)SC. The summed E-state index contributed by atoms with van der Waals surface area (Å²) in [6.07, 6.45) is 4.33. The van der Waals surface area contributed by atoms with Crippen LogP contribution in [0.4, 0.5) is 0 Å². The number of hydrogen-bond acceptors (Lipinski definition) is 3. The summed E-state index contributed by atoms with van der Waals surface area (Å²) in [5.74, 6) is -0.747. The molecule has 0 bridgehead atoms. The van der Waals surface area contributed by atoms with Crippen LogP contribution in [-0.2, 0) is 4.79 Å². The van der Waals surface area contributed by atoms with Gasteiger partial charge in [0.1, 0.15) is 0 Å². The van der Waals surface area contributed by atoms with E-state index in [0.717, 1.165) is 19.4 Å². The maximum atomic E-state index is 10.9. The van der Waals surface area contributed by atoms with Crippen molar-refractivity contribution in [2.75, 3.05) is 19.3 Å². The highest BCUT2D eigenvalue weighted by atomic mass is 32.2. The predicted octanol–water partition coefficient (Wildman–Crippen LogP) is 2.61. The summed E-state index contributed by atoms with van der Waals surface area (Å²) in [7, 11) is 0. The fourth-order valence-electron chi connectivity index (χ4n) is 1.54. The zero-order valence-corrected chi connectivity index (χ0v) is 11.9. The average molecular weight is 247 g/mol. The van der Waals surface area contributed by atoms with Gasteiger partial charge in [-0.3, -0.25) is 4.79 Å². The quantitative estimate of drug-likeness (QED) is 0.692. The molecule has 0 saturated carbocycles. The van der Waals surface area contributed by atoms with Crippen molar-refractivity contribution >= 4 is 17.7 Å². The molecule has 0 aliphatic carbocycles. The molecule has 0 aliphatic rings. The first-order valence-electron chi connectivity index (χ1n) is 5.83. The van der Waals surface area contributed by atoms with Gasteiger partial charge in [0.05, 0.1) is 5.41 Å². The van der Waals surface area contributed by atoms with E-state index >= 15 is 0 Å². The van der Waals surface area contributed by atoms with Crippen molar-refractivity contribution in [1.82, 2.24) is 5.32 Å². The van der Waals surface area contributed by atoms with Crippen LogP contribution in [0.1, 0.15) is 40.5 Å². The van der Waals surface area contributed by atoms with E-state index in [-0.39, 0.29) is 4.75 Å². The Hall–Kier alpha value is -0.220. The minimum atomic E-state index is -0.747. The van der Waals surface area contributed by atoms with Crippen molar-refractivity contribution in [1.29, 1.82) is 0 Å². The van der Waals surface area contributed by atoms with Crippen molar-refractivity contribution in [2.45, 2.75) is 45.3 Å². The number of nitrogens with one attached hydrogen (secondary N) is 1. The summed E-state index contributed by atoms with van der Waals surface area (Å²) in [4.78, 5) is 10.9. The molecule has 4 heteroatoms. The molecule has 0 heterocycles. The Labute approximate surface area is 103 Å². The predicted molar refractivity (Wildman–Crippen MR) is 71.1 cm³/mol. The molecule has 0 aromatic carbocycles. The second-order valence-electron chi connectivity index (χ2n) is 4.89. The fourth-order valence-corrected chi connectivity index (χ4v) is 2.36. The van der Waals surface area contributed by atoms with Gasteiger partial charge in [-0.15, -0.1) is 0 Å². The van der Waals surface area contributed by atoms with Gasteiger partial charge < -0.3 is 10.4 Å². The van der Waals surface area contributed by atoms with Gasteiger partial charge in [0.15, 0.2) is 0 Å². The third-order valence-electron chi connectivity index (χ3n) is 3.31. The first-order chi connectivity index (χ1) is 7.33. The molecule has 0 amide bonds. The Balaban J connectivity index is 4.19. The molecular weight excluding hydrogens is 222 g/mol. The topological polar surface area (TPSA) is 49.3 Å². The Morgan fingerprint density at radius 3 is 2.06 bits per heavy atom. The smallest absolute Gasteiger partial charge is 0.310 e. The Kier molecular flexibility index (Phi) is 6.41. The summed E-state index contributed by atoms with van der Waals surface area (Å²) in [6.45, 7) is 9.26. The Morgan fingerprint density at radius 1 is 1.25 bits per heavy atom. The van der Waals surface area contributed by atoms with Crippen LogP contribution in [0, 0.1) is 5.41 Å². The lowest BCUT2D eigenvalue weighted by Gasteiger charge is -2.31. The Bertz CT molecular complexity index is 217. The number of carbonyl (C=O) groups is 1. The monoisotopic (exact) mass is 247 g/mol. The van der Waals surface area contributed by atoms with E-state index in [1.54, 1.807) is 13.8 Å². The first-order valence-corrected chi connectivity index (χ1v) is 7.05. The Morgan fingerprint density at radius 2 is 1.75 bits per heavy atom. The van der Waals surface area contributed by atoms with Gasteiger partial charge in [-0.2, -0.15) is 11.8 Å². The number of rotatable bonds is 8. The van der Waals surface area contributed by atoms with Crippen LogP contribution in [0.2, 0.25) is 0 Å². The van der Waals surface area contributed by atoms with Crippen LogP contribution in [0.3, 0.4) is 0 Å². The normalized spacial score (nSPS) is 12.8. The van der Waals surface area contributed by atoms with Crippen LogP contribution in [0.15, 0.2) is 0 Å². The molecule has 0 fully saturated rings.